The van der Waals surface area contributed by atoms with E-state index in [1.54, 1.807) is 13.2 Å². The van der Waals surface area contributed by atoms with Crippen molar-refractivity contribution in [3.05, 3.63) is 17.5 Å². The van der Waals surface area contributed by atoms with Crippen LogP contribution < -0.4 is 11.1 Å². The first-order valence-corrected chi connectivity index (χ1v) is 6.44. The topological polar surface area (TPSA) is 73.1 Å². The number of ether oxygens (including phenoxy) is 1. The molecule has 3 N–H and O–H groups in total. The number of nitrogens with zero attached hydrogens (tertiary/aromatic N) is 2. The van der Waals surface area contributed by atoms with Crippen LogP contribution in [0.4, 0.5) is 5.95 Å². The molecule has 6 heteroatoms. The van der Waals surface area contributed by atoms with Gasteiger partial charge in [0.15, 0.2) is 0 Å². The van der Waals surface area contributed by atoms with Gasteiger partial charge in [-0.1, -0.05) is 12.2 Å². The molecule has 0 aromatic carbocycles. The second-order valence-corrected chi connectivity index (χ2v) is 5.03. The summed E-state index contributed by atoms with van der Waals surface area (Å²) in [7, 11) is 1.75. The number of aryl methyl sites for hydroxylation is 1. The van der Waals surface area contributed by atoms with Crippen LogP contribution in [-0.4, -0.2) is 34.2 Å². The maximum Gasteiger partial charge on any atom is 0.223 e. The van der Waals surface area contributed by atoms with Crippen LogP contribution in [0, 0.1) is 6.92 Å². The Bertz CT molecular complexity index is 452. The van der Waals surface area contributed by atoms with Gasteiger partial charge in [0.2, 0.25) is 5.95 Å². The Kier molecular flexibility index (Phi) is 4.08. The molecule has 0 aliphatic heterocycles. The molecule has 1 saturated carbocycles. The largest absolute Gasteiger partial charge is 0.388 e. The highest BCUT2D eigenvalue weighted by atomic mass is 32.1. The van der Waals surface area contributed by atoms with Crippen molar-refractivity contribution in [1.82, 2.24) is 9.97 Å². The molecule has 1 aliphatic carbocycles. The number of methoxy groups -OCH3 is 1. The Hall–Kier alpha value is -1.27. The molecule has 18 heavy (non-hydrogen) atoms. The second-order valence-electron chi connectivity index (χ2n) is 4.59. The molecule has 2 rings (SSSR count). The van der Waals surface area contributed by atoms with Crippen molar-refractivity contribution in [1.29, 1.82) is 0 Å². The molecule has 0 bridgehead atoms. The summed E-state index contributed by atoms with van der Waals surface area (Å²) < 4.78 is 5.34. The summed E-state index contributed by atoms with van der Waals surface area (Å²) in [5.41, 5.74) is 7.07. The van der Waals surface area contributed by atoms with Crippen LogP contribution in [0.3, 0.4) is 0 Å². The van der Waals surface area contributed by atoms with Gasteiger partial charge in [0.25, 0.3) is 0 Å². The first kappa shape index (κ1) is 13.2. The van der Waals surface area contributed by atoms with Gasteiger partial charge in [-0.2, -0.15) is 0 Å². The minimum Gasteiger partial charge on any atom is -0.388 e. The van der Waals surface area contributed by atoms with Crippen molar-refractivity contribution in [3.8, 4) is 0 Å². The maximum atomic E-state index is 5.60. The van der Waals surface area contributed by atoms with Crippen LogP contribution in [0.25, 0.3) is 0 Å². The molecule has 1 fully saturated rings. The normalized spacial score (nSPS) is 23.0. The third kappa shape index (κ3) is 3.14. The highest BCUT2D eigenvalue weighted by Crippen LogP contribution is 2.23. The molecule has 0 spiro atoms. The first-order valence-electron chi connectivity index (χ1n) is 6.03. The predicted octanol–water partition coefficient (Wildman–Crippen LogP) is 1.40. The summed E-state index contributed by atoms with van der Waals surface area (Å²) in [6.07, 6.45) is 3.46. The second kappa shape index (κ2) is 5.58. The molecular weight excluding hydrogens is 248 g/mol. The summed E-state index contributed by atoms with van der Waals surface area (Å²) in [4.78, 5) is 8.97. The molecule has 1 aromatic heterocycles. The number of rotatable bonds is 4. The lowest BCUT2D eigenvalue weighted by molar-refractivity contribution is 0.108. The van der Waals surface area contributed by atoms with Gasteiger partial charge in [-0.05, 0) is 32.3 Å². The van der Waals surface area contributed by atoms with Crippen molar-refractivity contribution in [2.75, 3.05) is 12.4 Å². The number of hydrogen-bond acceptors (Lipinski definition) is 5. The van der Waals surface area contributed by atoms with Gasteiger partial charge < -0.3 is 15.8 Å². The van der Waals surface area contributed by atoms with Gasteiger partial charge >= 0.3 is 0 Å². The number of nitrogens with two attached hydrogens (primary N) is 1. The van der Waals surface area contributed by atoms with Gasteiger partial charge in [-0.15, -0.1) is 0 Å². The van der Waals surface area contributed by atoms with E-state index < -0.39 is 0 Å². The van der Waals surface area contributed by atoms with Gasteiger partial charge in [-0.25, -0.2) is 9.97 Å². The average Bonchev–Trinajstić information content (AvgIpc) is 2.76. The fraction of sp³-hybridized carbons (Fsp3) is 0.583. The first-order chi connectivity index (χ1) is 8.58. The van der Waals surface area contributed by atoms with E-state index in [0.717, 1.165) is 25.0 Å². The van der Waals surface area contributed by atoms with Crippen LogP contribution in [0.15, 0.2) is 6.07 Å². The lowest BCUT2D eigenvalue weighted by Crippen LogP contribution is -2.21. The molecular formula is C12H18N4OS. The molecule has 0 radical (unpaired) electrons. The molecule has 2 atom stereocenters. The van der Waals surface area contributed by atoms with Crippen molar-refractivity contribution < 1.29 is 4.74 Å². The molecule has 1 aliphatic rings. The van der Waals surface area contributed by atoms with Crippen LogP contribution in [0.5, 0.6) is 0 Å². The number of anilines is 1. The molecule has 5 nitrogen and oxygen atoms in total. The van der Waals surface area contributed by atoms with E-state index in [4.69, 9.17) is 22.7 Å². The summed E-state index contributed by atoms with van der Waals surface area (Å²) in [5.74, 6) is 0.597. The lowest BCUT2D eigenvalue weighted by atomic mass is 10.2. The monoisotopic (exact) mass is 266 g/mol. The number of aromatic nitrogens is 2. The number of hydrogen-bond donors (Lipinski definition) is 2. The van der Waals surface area contributed by atoms with E-state index in [-0.39, 0.29) is 0 Å². The lowest BCUT2D eigenvalue weighted by Gasteiger charge is -2.13. The Labute approximate surface area is 112 Å². The fourth-order valence-corrected chi connectivity index (χ4v) is 2.33. The number of thiocarbonyl (C=S) groups is 1. The van der Waals surface area contributed by atoms with Crippen LogP contribution in [0.1, 0.15) is 30.7 Å². The van der Waals surface area contributed by atoms with Gasteiger partial charge in [0, 0.05) is 18.8 Å². The van der Waals surface area contributed by atoms with E-state index in [0.29, 0.717) is 28.8 Å². The Balaban J connectivity index is 2.07. The fourth-order valence-electron chi connectivity index (χ4n) is 2.23. The van der Waals surface area contributed by atoms with Crippen molar-refractivity contribution >= 4 is 23.2 Å². The van der Waals surface area contributed by atoms with Crippen molar-refractivity contribution in [3.63, 3.8) is 0 Å². The minimum atomic E-state index is 0.296. The highest BCUT2D eigenvalue weighted by molar-refractivity contribution is 7.80. The summed E-state index contributed by atoms with van der Waals surface area (Å²) in [6, 6.07) is 2.15. The quantitative estimate of drug-likeness (QED) is 0.803. The molecule has 0 amide bonds. The van der Waals surface area contributed by atoms with E-state index in [1.807, 2.05) is 6.92 Å². The molecule has 2 unspecified atom stereocenters. The van der Waals surface area contributed by atoms with E-state index >= 15 is 0 Å². The molecule has 1 aromatic rings. The zero-order chi connectivity index (χ0) is 13.1. The van der Waals surface area contributed by atoms with Gasteiger partial charge in [0.05, 0.1) is 6.10 Å². The Morgan fingerprint density at radius 3 is 2.89 bits per heavy atom. The van der Waals surface area contributed by atoms with Crippen LogP contribution >= 0.6 is 12.2 Å². The summed E-state index contributed by atoms with van der Waals surface area (Å²) >= 11 is 4.94. The maximum absolute atomic E-state index is 5.60. The third-order valence-corrected chi connectivity index (χ3v) is 3.37. The van der Waals surface area contributed by atoms with E-state index in [2.05, 4.69) is 15.3 Å². The van der Waals surface area contributed by atoms with Crippen LogP contribution in [-0.2, 0) is 4.74 Å². The van der Waals surface area contributed by atoms with Crippen molar-refractivity contribution in [2.45, 2.75) is 38.3 Å². The Morgan fingerprint density at radius 1 is 1.50 bits per heavy atom. The van der Waals surface area contributed by atoms with Gasteiger partial charge in [0.1, 0.15) is 10.7 Å². The summed E-state index contributed by atoms with van der Waals surface area (Å²) in [5, 5.41) is 3.32. The smallest absolute Gasteiger partial charge is 0.223 e. The molecule has 98 valence electrons. The number of nitrogens with one attached hydrogen (secondary N) is 1. The highest BCUT2D eigenvalue weighted by Gasteiger charge is 2.24. The SMILES string of the molecule is COC1CCC(Nc2nc(C)cc(C(N)=S)n2)C1. The molecule has 0 saturated heterocycles. The van der Waals surface area contributed by atoms with E-state index in [1.165, 1.54) is 0 Å². The standard InChI is InChI=1S/C12H18N4OS/c1-7-5-10(11(13)18)16-12(14-7)15-8-3-4-9(6-8)17-2/h5,8-9H,3-4,6H2,1-2H3,(H2,13,18)(H,14,15,16). The average molecular weight is 266 g/mol. The molecule has 1 heterocycles. The zero-order valence-electron chi connectivity index (χ0n) is 10.6. The van der Waals surface area contributed by atoms with Crippen LogP contribution in [0.2, 0.25) is 0 Å². The van der Waals surface area contributed by atoms with E-state index in [9.17, 15) is 0 Å². The zero-order valence-corrected chi connectivity index (χ0v) is 11.5. The van der Waals surface area contributed by atoms with Crippen molar-refractivity contribution in [2.24, 2.45) is 5.73 Å². The predicted molar refractivity (Wildman–Crippen MR) is 74.7 cm³/mol. The summed E-state index contributed by atoms with van der Waals surface area (Å²) in [6.45, 7) is 1.90. The van der Waals surface area contributed by atoms with Gasteiger partial charge in [-0.3, -0.25) is 0 Å². The minimum absolute atomic E-state index is 0.296. The Morgan fingerprint density at radius 2 is 2.28 bits per heavy atom. The third-order valence-electron chi connectivity index (χ3n) is 3.16.